The number of rotatable bonds is 24. The number of ether oxygens (including phenoxy) is 2. The van der Waals surface area contributed by atoms with E-state index in [2.05, 4.69) is 13.8 Å². The molecular formula is C28H56O8. The van der Waals surface area contributed by atoms with Gasteiger partial charge in [-0.25, -0.2) is 0 Å². The Kier molecular flexibility index (Phi) is 30.8. The Morgan fingerprint density at radius 2 is 0.806 bits per heavy atom. The molecule has 0 aliphatic carbocycles. The van der Waals surface area contributed by atoms with Crippen LogP contribution in [0, 0.1) is 0 Å². The summed E-state index contributed by atoms with van der Waals surface area (Å²) in [6.45, 7) is 3.46. The fourth-order valence-corrected chi connectivity index (χ4v) is 3.43. The molecule has 0 spiro atoms. The van der Waals surface area contributed by atoms with Gasteiger partial charge < -0.3 is 29.9 Å². The van der Waals surface area contributed by atoms with Crippen molar-refractivity contribution in [3.05, 3.63) is 0 Å². The van der Waals surface area contributed by atoms with E-state index in [1.54, 1.807) is 0 Å². The Balaban J connectivity index is 0. The fraction of sp³-hybridized carbons (Fsp3) is 0.929. The molecule has 0 bridgehead atoms. The maximum atomic E-state index is 11.3. The van der Waals surface area contributed by atoms with Crippen LogP contribution in [0.1, 0.15) is 129 Å². The molecule has 8 heteroatoms. The molecule has 0 aliphatic heterocycles. The Bertz CT molecular complexity index is 472. The van der Waals surface area contributed by atoms with E-state index < -0.39 is 12.2 Å². The quantitative estimate of drug-likeness (QED) is 0.105. The smallest absolute Gasteiger partial charge is 0.305 e. The molecule has 0 amide bonds. The lowest BCUT2D eigenvalue weighted by Crippen LogP contribution is -2.21. The van der Waals surface area contributed by atoms with Crippen LogP contribution in [-0.4, -0.2) is 71.0 Å². The summed E-state index contributed by atoms with van der Waals surface area (Å²) in [5.74, 6) is -0.568. The van der Waals surface area contributed by atoms with Crippen LogP contribution >= 0.6 is 0 Å². The van der Waals surface area contributed by atoms with Crippen molar-refractivity contribution in [3.63, 3.8) is 0 Å². The lowest BCUT2D eigenvalue weighted by molar-refractivity contribution is -0.148. The van der Waals surface area contributed by atoms with Gasteiger partial charge in [-0.3, -0.25) is 9.59 Å². The van der Waals surface area contributed by atoms with Crippen LogP contribution in [0.25, 0.3) is 0 Å². The second-order valence-corrected chi connectivity index (χ2v) is 9.49. The minimum absolute atomic E-state index is 0.104. The Morgan fingerprint density at radius 3 is 1.08 bits per heavy atom. The van der Waals surface area contributed by atoms with Crippen LogP contribution in [0.5, 0.6) is 0 Å². The highest BCUT2D eigenvalue weighted by Gasteiger charge is 2.08. The molecule has 4 N–H and O–H groups in total. The summed E-state index contributed by atoms with van der Waals surface area (Å²) < 4.78 is 9.61. The SMILES string of the molecule is CCCCCCCCCC(=O)OCC(O)CO.CCCCCCCCCCCC(=O)OCC(O)CO. The highest BCUT2D eigenvalue weighted by Crippen LogP contribution is 2.11. The van der Waals surface area contributed by atoms with Crippen LogP contribution < -0.4 is 0 Å². The van der Waals surface area contributed by atoms with E-state index in [0.717, 1.165) is 25.7 Å². The largest absolute Gasteiger partial charge is 0.463 e. The van der Waals surface area contributed by atoms with Crippen molar-refractivity contribution in [1.82, 2.24) is 0 Å². The third-order valence-corrected chi connectivity index (χ3v) is 5.76. The molecule has 0 fully saturated rings. The van der Waals surface area contributed by atoms with Gasteiger partial charge in [0.25, 0.3) is 0 Å². The monoisotopic (exact) mass is 520 g/mol. The zero-order chi connectivity index (χ0) is 27.3. The van der Waals surface area contributed by atoms with E-state index >= 15 is 0 Å². The molecule has 36 heavy (non-hydrogen) atoms. The molecule has 0 saturated carbocycles. The van der Waals surface area contributed by atoms with Gasteiger partial charge in [0.05, 0.1) is 13.2 Å². The van der Waals surface area contributed by atoms with Crippen LogP contribution in [-0.2, 0) is 19.1 Å². The molecule has 0 aromatic heterocycles. The van der Waals surface area contributed by atoms with Gasteiger partial charge in [0.1, 0.15) is 25.4 Å². The molecule has 8 nitrogen and oxygen atoms in total. The third-order valence-electron chi connectivity index (χ3n) is 5.76. The summed E-state index contributed by atoms with van der Waals surface area (Å²) >= 11 is 0. The summed E-state index contributed by atoms with van der Waals surface area (Å²) in [6, 6.07) is 0. The molecule has 0 aromatic rings. The Labute approximate surface area is 219 Å². The predicted octanol–water partition coefficient (Wildman–Crippen LogP) is 4.83. The highest BCUT2D eigenvalue weighted by atomic mass is 16.5. The first kappa shape index (κ1) is 36.9. The van der Waals surface area contributed by atoms with Crippen molar-refractivity contribution in [2.24, 2.45) is 0 Å². The van der Waals surface area contributed by atoms with Gasteiger partial charge in [0, 0.05) is 12.8 Å². The van der Waals surface area contributed by atoms with Gasteiger partial charge in [0.15, 0.2) is 0 Å². The Morgan fingerprint density at radius 1 is 0.528 bits per heavy atom. The van der Waals surface area contributed by atoms with Gasteiger partial charge in [-0.05, 0) is 12.8 Å². The van der Waals surface area contributed by atoms with E-state index in [1.807, 2.05) is 0 Å². The van der Waals surface area contributed by atoms with Crippen molar-refractivity contribution in [2.45, 2.75) is 142 Å². The standard InChI is InChI=1S/C15H30O4.C13H26O4/c1-2-3-4-5-6-7-8-9-10-11-15(18)19-13-14(17)12-16;1-2-3-4-5-6-7-8-9-13(16)17-11-12(15)10-14/h14,16-17H,2-13H2,1H3;12,14-15H,2-11H2,1H3. The van der Waals surface area contributed by atoms with E-state index in [4.69, 9.17) is 29.9 Å². The molecule has 0 aliphatic rings. The van der Waals surface area contributed by atoms with E-state index in [1.165, 1.54) is 77.0 Å². The number of aliphatic hydroxyl groups excluding tert-OH is 4. The molecule has 0 rings (SSSR count). The molecule has 216 valence electrons. The van der Waals surface area contributed by atoms with Crippen LogP contribution in [0.4, 0.5) is 0 Å². The second-order valence-electron chi connectivity index (χ2n) is 9.49. The minimum Gasteiger partial charge on any atom is -0.463 e. The second kappa shape index (κ2) is 30.0. The van der Waals surface area contributed by atoms with E-state index in [9.17, 15) is 9.59 Å². The van der Waals surface area contributed by atoms with Gasteiger partial charge in [-0.1, -0.05) is 104 Å². The number of aliphatic hydroxyl groups is 4. The van der Waals surface area contributed by atoms with Crippen molar-refractivity contribution in [3.8, 4) is 0 Å². The zero-order valence-corrected chi connectivity index (χ0v) is 23.1. The van der Waals surface area contributed by atoms with Crippen molar-refractivity contribution >= 4 is 11.9 Å². The Hall–Kier alpha value is -1.22. The van der Waals surface area contributed by atoms with Crippen molar-refractivity contribution < 1.29 is 39.5 Å². The first-order valence-electron chi connectivity index (χ1n) is 14.3. The van der Waals surface area contributed by atoms with Gasteiger partial charge in [-0.2, -0.15) is 0 Å². The predicted molar refractivity (Wildman–Crippen MR) is 143 cm³/mol. The van der Waals surface area contributed by atoms with E-state index in [-0.39, 0.29) is 38.4 Å². The number of unbranched alkanes of at least 4 members (excludes halogenated alkanes) is 14. The van der Waals surface area contributed by atoms with Gasteiger partial charge in [-0.15, -0.1) is 0 Å². The summed E-state index contributed by atoms with van der Waals surface area (Å²) in [7, 11) is 0. The van der Waals surface area contributed by atoms with Crippen LogP contribution in [0.15, 0.2) is 0 Å². The minimum atomic E-state index is -0.952. The number of hydrogen-bond donors (Lipinski definition) is 4. The van der Waals surface area contributed by atoms with Crippen LogP contribution in [0.3, 0.4) is 0 Å². The molecule has 0 aromatic carbocycles. The molecular weight excluding hydrogens is 464 g/mol. The first-order valence-corrected chi connectivity index (χ1v) is 14.3. The molecule has 2 atom stereocenters. The highest BCUT2D eigenvalue weighted by molar-refractivity contribution is 5.69. The molecule has 0 radical (unpaired) electrons. The van der Waals surface area contributed by atoms with E-state index in [0.29, 0.717) is 12.8 Å². The number of carbonyl (C=O) groups excluding carboxylic acids is 2. The number of esters is 2. The summed E-state index contributed by atoms with van der Waals surface area (Å²) in [5.41, 5.74) is 0. The zero-order valence-electron chi connectivity index (χ0n) is 23.1. The average Bonchev–Trinajstić information content (AvgIpc) is 2.89. The average molecular weight is 521 g/mol. The first-order chi connectivity index (χ1) is 17.4. The van der Waals surface area contributed by atoms with Gasteiger partial charge >= 0.3 is 11.9 Å². The summed E-state index contributed by atoms with van der Waals surface area (Å²) in [5, 5.41) is 35.1. The fourth-order valence-electron chi connectivity index (χ4n) is 3.43. The van der Waals surface area contributed by atoms with Crippen molar-refractivity contribution in [1.29, 1.82) is 0 Å². The number of hydrogen-bond acceptors (Lipinski definition) is 8. The summed E-state index contributed by atoms with van der Waals surface area (Å²) in [6.07, 6.45) is 18.0. The molecule has 2 unspecified atom stereocenters. The number of carbonyl (C=O) groups is 2. The van der Waals surface area contributed by atoms with Crippen LogP contribution in [0.2, 0.25) is 0 Å². The molecule has 0 saturated heterocycles. The van der Waals surface area contributed by atoms with Gasteiger partial charge in [0.2, 0.25) is 0 Å². The topological polar surface area (TPSA) is 134 Å². The third kappa shape index (κ3) is 30.8. The molecule has 0 heterocycles. The normalized spacial score (nSPS) is 12.4. The van der Waals surface area contributed by atoms with Crippen molar-refractivity contribution in [2.75, 3.05) is 26.4 Å². The summed E-state index contributed by atoms with van der Waals surface area (Å²) in [4.78, 5) is 22.4. The maximum Gasteiger partial charge on any atom is 0.305 e. The lowest BCUT2D eigenvalue weighted by atomic mass is 10.1. The maximum absolute atomic E-state index is 11.3. The lowest BCUT2D eigenvalue weighted by Gasteiger charge is -2.08.